The van der Waals surface area contributed by atoms with Gasteiger partial charge in [0.25, 0.3) is 10.0 Å². The van der Waals surface area contributed by atoms with E-state index in [1.807, 2.05) is 18.2 Å². The second-order valence-corrected chi connectivity index (χ2v) is 6.33. The number of imidazole rings is 1. The molecular formula is C14H20N4O2S. The molecule has 2 N–H and O–H groups in total. The van der Waals surface area contributed by atoms with Crippen LogP contribution in [0.1, 0.15) is 19.4 Å². The fourth-order valence-electron chi connectivity index (χ4n) is 2.04. The molecule has 1 aromatic heterocycles. The predicted molar refractivity (Wildman–Crippen MR) is 82.5 cm³/mol. The number of aromatic amines is 1. The van der Waals surface area contributed by atoms with Gasteiger partial charge < -0.3 is 4.98 Å². The Hall–Kier alpha value is -1.86. The Labute approximate surface area is 125 Å². The van der Waals surface area contributed by atoms with Crippen molar-refractivity contribution in [2.24, 2.45) is 0 Å². The molecule has 0 atom stereocenters. The van der Waals surface area contributed by atoms with Gasteiger partial charge in [0, 0.05) is 12.2 Å². The van der Waals surface area contributed by atoms with Crippen LogP contribution >= 0.6 is 0 Å². The largest absolute Gasteiger partial charge is 0.334 e. The molecule has 0 amide bonds. The van der Waals surface area contributed by atoms with E-state index in [0.717, 1.165) is 25.2 Å². The molecule has 0 saturated carbocycles. The summed E-state index contributed by atoms with van der Waals surface area (Å²) >= 11 is 0. The number of sulfonamides is 1. The van der Waals surface area contributed by atoms with E-state index in [1.165, 1.54) is 12.5 Å². The third-order valence-electron chi connectivity index (χ3n) is 3.24. The zero-order valence-corrected chi connectivity index (χ0v) is 13.0. The standard InChI is InChI=1S/C14H20N4O2S/c1-3-18(4-2)10-12-6-5-7-13(8-12)17-21(19,20)14-9-15-11-16-14/h5-9,11,17H,3-4,10H2,1-2H3,(H,15,16). The lowest BCUT2D eigenvalue weighted by molar-refractivity contribution is 0.296. The van der Waals surface area contributed by atoms with E-state index >= 15 is 0 Å². The summed E-state index contributed by atoms with van der Waals surface area (Å²) in [4.78, 5) is 8.59. The fraction of sp³-hybridized carbons (Fsp3) is 0.357. The zero-order valence-electron chi connectivity index (χ0n) is 12.2. The first-order chi connectivity index (χ1) is 10.0. The molecular weight excluding hydrogens is 288 g/mol. The van der Waals surface area contributed by atoms with Crippen LogP contribution in [0.3, 0.4) is 0 Å². The first kappa shape index (κ1) is 15.5. The molecule has 1 aromatic carbocycles. The molecule has 0 spiro atoms. The van der Waals surface area contributed by atoms with Crippen LogP contribution in [0.5, 0.6) is 0 Å². The van der Waals surface area contributed by atoms with Gasteiger partial charge in [-0.25, -0.2) is 4.98 Å². The summed E-state index contributed by atoms with van der Waals surface area (Å²) in [6.45, 7) is 6.93. The Balaban J connectivity index is 2.15. The Bertz CT molecular complexity index is 664. The normalized spacial score (nSPS) is 11.8. The minimum Gasteiger partial charge on any atom is -0.334 e. The highest BCUT2D eigenvalue weighted by molar-refractivity contribution is 7.92. The molecule has 0 unspecified atom stereocenters. The quantitative estimate of drug-likeness (QED) is 0.820. The molecule has 7 heteroatoms. The molecule has 114 valence electrons. The minimum atomic E-state index is -3.61. The molecule has 21 heavy (non-hydrogen) atoms. The van der Waals surface area contributed by atoms with Gasteiger partial charge in [0.05, 0.1) is 12.5 Å². The smallest absolute Gasteiger partial charge is 0.278 e. The predicted octanol–water partition coefficient (Wildman–Crippen LogP) is 2.05. The highest BCUT2D eigenvalue weighted by Crippen LogP contribution is 2.16. The van der Waals surface area contributed by atoms with Gasteiger partial charge in [0.1, 0.15) is 0 Å². The first-order valence-electron chi connectivity index (χ1n) is 6.87. The number of nitrogens with one attached hydrogen (secondary N) is 2. The Morgan fingerprint density at radius 1 is 1.29 bits per heavy atom. The van der Waals surface area contributed by atoms with Gasteiger partial charge in [-0.2, -0.15) is 8.42 Å². The van der Waals surface area contributed by atoms with Crippen molar-refractivity contribution in [3.05, 3.63) is 42.4 Å². The van der Waals surface area contributed by atoms with Crippen molar-refractivity contribution >= 4 is 15.7 Å². The maximum atomic E-state index is 12.1. The lowest BCUT2D eigenvalue weighted by Crippen LogP contribution is -2.22. The van der Waals surface area contributed by atoms with Crippen LogP contribution in [-0.4, -0.2) is 36.4 Å². The number of H-pyrrole nitrogens is 1. The van der Waals surface area contributed by atoms with E-state index < -0.39 is 10.0 Å². The second kappa shape index (κ2) is 6.73. The summed E-state index contributed by atoms with van der Waals surface area (Å²) in [5, 5.41) is 0.0524. The molecule has 0 aliphatic rings. The summed E-state index contributed by atoms with van der Waals surface area (Å²) in [5.41, 5.74) is 1.62. The zero-order chi connectivity index (χ0) is 15.3. The van der Waals surface area contributed by atoms with E-state index in [1.54, 1.807) is 6.07 Å². The summed E-state index contributed by atoms with van der Waals surface area (Å²) in [6.07, 6.45) is 2.62. The van der Waals surface area contributed by atoms with Crippen LogP contribution in [0.25, 0.3) is 0 Å². The van der Waals surface area contributed by atoms with E-state index in [2.05, 4.69) is 33.4 Å². The van der Waals surface area contributed by atoms with Crippen molar-refractivity contribution in [2.75, 3.05) is 17.8 Å². The summed E-state index contributed by atoms with van der Waals surface area (Å²) in [7, 11) is -3.61. The van der Waals surface area contributed by atoms with Gasteiger partial charge in [-0.05, 0) is 30.8 Å². The molecule has 1 heterocycles. The van der Waals surface area contributed by atoms with Gasteiger partial charge in [-0.3, -0.25) is 9.62 Å². The third kappa shape index (κ3) is 4.05. The summed E-state index contributed by atoms with van der Waals surface area (Å²) < 4.78 is 26.8. The number of aromatic nitrogens is 2. The van der Waals surface area contributed by atoms with Gasteiger partial charge >= 0.3 is 0 Å². The second-order valence-electron chi connectivity index (χ2n) is 4.68. The molecule has 0 aliphatic carbocycles. The van der Waals surface area contributed by atoms with Crippen LogP contribution in [-0.2, 0) is 16.6 Å². The number of hydrogen-bond donors (Lipinski definition) is 2. The lowest BCUT2D eigenvalue weighted by Gasteiger charge is -2.18. The highest BCUT2D eigenvalue weighted by atomic mass is 32.2. The third-order valence-corrected chi connectivity index (χ3v) is 4.55. The first-order valence-corrected chi connectivity index (χ1v) is 8.36. The number of nitrogens with zero attached hydrogens (tertiary/aromatic N) is 2. The Kier molecular flexibility index (Phi) is 4.98. The van der Waals surface area contributed by atoms with Crippen molar-refractivity contribution in [3.8, 4) is 0 Å². The van der Waals surface area contributed by atoms with Gasteiger partial charge in [0.15, 0.2) is 5.03 Å². The van der Waals surface area contributed by atoms with E-state index in [9.17, 15) is 8.42 Å². The van der Waals surface area contributed by atoms with Crippen molar-refractivity contribution in [1.29, 1.82) is 0 Å². The van der Waals surface area contributed by atoms with E-state index in [-0.39, 0.29) is 5.03 Å². The van der Waals surface area contributed by atoms with Crippen LogP contribution in [0.2, 0.25) is 0 Å². The molecule has 6 nitrogen and oxygen atoms in total. The molecule has 0 fully saturated rings. The lowest BCUT2D eigenvalue weighted by atomic mass is 10.2. The maximum Gasteiger partial charge on any atom is 0.278 e. The average molecular weight is 308 g/mol. The molecule has 2 aromatic rings. The van der Waals surface area contributed by atoms with Crippen molar-refractivity contribution in [3.63, 3.8) is 0 Å². The van der Waals surface area contributed by atoms with Crippen LogP contribution in [0.15, 0.2) is 41.8 Å². The number of rotatable bonds is 7. The summed E-state index contributed by atoms with van der Waals surface area (Å²) in [6, 6.07) is 7.43. The van der Waals surface area contributed by atoms with Crippen molar-refractivity contribution < 1.29 is 8.42 Å². The fourth-order valence-corrected chi connectivity index (χ4v) is 2.99. The molecule has 0 saturated heterocycles. The highest BCUT2D eigenvalue weighted by Gasteiger charge is 2.15. The number of hydrogen-bond acceptors (Lipinski definition) is 4. The van der Waals surface area contributed by atoms with Gasteiger partial charge in [-0.15, -0.1) is 0 Å². The molecule has 0 radical (unpaired) electrons. The maximum absolute atomic E-state index is 12.1. The van der Waals surface area contributed by atoms with E-state index in [4.69, 9.17) is 0 Å². The van der Waals surface area contributed by atoms with Crippen LogP contribution < -0.4 is 4.72 Å². The van der Waals surface area contributed by atoms with Crippen LogP contribution in [0.4, 0.5) is 5.69 Å². The average Bonchev–Trinajstić information content (AvgIpc) is 2.99. The molecule has 0 bridgehead atoms. The number of benzene rings is 1. The van der Waals surface area contributed by atoms with E-state index in [0.29, 0.717) is 5.69 Å². The minimum absolute atomic E-state index is 0.0524. The SMILES string of the molecule is CCN(CC)Cc1cccc(NS(=O)(=O)c2cnc[nH]2)c1. The van der Waals surface area contributed by atoms with Crippen molar-refractivity contribution in [1.82, 2.24) is 14.9 Å². The molecule has 0 aliphatic heterocycles. The summed E-state index contributed by atoms with van der Waals surface area (Å²) in [5.74, 6) is 0. The topological polar surface area (TPSA) is 78.1 Å². The van der Waals surface area contributed by atoms with Crippen molar-refractivity contribution in [2.45, 2.75) is 25.4 Å². The molecule has 2 rings (SSSR count). The van der Waals surface area contributed by atoms with Gasteiger partial charge in [0.2, 0.25) is 0 Å². The Morgan fingerprint density at radius 3 is 2.67 bits per heavy atom. The van der Waals surface area contributed by atoms with Gasteiger partial charge in [-0.1, -0.05) is 26.0 Å². The monoisotopic (exact) mass is 308 g/mol. The Morgan fingerprint density at radius 2 is 2.05 bits per heavy atom. The van der Waals surface area contributed by atoms with Crippen LogP contribution in [0, 0.1) is 0 Å². The number of anilines is 1.